The maximum atomic E-state index is 5.74. The van der Waals surface area contributed by atoms with Gasteiger partial charge < -0.3 is 4.74 Å². The van der Waals surface area contributed by atoms with Crippen LogP contribution in [0.2, 0.25) is 0 Å². The lowest BCUT2D eigenvalue weighted by atomic mass is 9.98. The Morgan fingerprint density at radius 2 is 1.52 bits per heavy atom. The van der Waals surface area contributed by atoms with Gasteiger partial charge in [-0.05, 0) is 35.4 Å². The summed E-state index contributed by atoms with van der Waals surface area (Å²) >= 11 is 0. The second-order valence-electron chi connectivity index (χ2n) is 5.82. The molecule has 0 N–H and O–H groups in total. The lowest BCUT2D eigenvalue weighted by molar-refractivity contribution is 0.124. The Bertz CT molecular complexity index is 501. The zero-order chi connectivity index (χ0) is 14.9. The lowest BCUT2D eigenvalue weighted by Crippen LogP contribution is -2.00. The standard InChI is InChI=1S/C20H26O/c1-3-17(2)15-19-11-9-18(10-12-19)13-14-21-16-20-7-5-4-6-8-20/h4-12,17H,3,13-16H2,1-2H3. The fourth-order valence-electron chi connectivity index (χ4n) is 2.34. The highest BCUT2D eigenvalue weighted by Crippen LogP contribution is 2.13. The van der Waals surface area contributed by atoms with Gasteiger partial charge in [-0.1, -0.05) is 74.9 Å². The van der Waals surface area contributed by atoms with E-state index >= 15 is 0 Å². The average molecular weight is 282 g/mol. The van der Waals surface area contributed by atoms with Gasteiger partial charge in [0.05, 0.1) is 13.2 Å². The molecule has 0 bridgehead atoms. The normalized spacial score (nSPS) is 12.3. The van der Waals surface area contributed by atoms with Gasteiger partial charge >= 0.3 is 0 Å². The fraction of sp³-hybridized carbons (Fsp3) is 0.400. The summed E-state index contributed by atoms with van der Waals surface area (Å²) in [5.74, 6) is 0.769. The topological polar surface area (TPSA) is 9.23 Å². The molecule has 0 fully saturated rings. The first-order valence-corrected chi connectivity index (χ1v) is 7.97. The highest BCUT2D eigenvalue weighted by molar-refractivity contribution is 5.23. The minimum atomic E-state index is 0.701. The lowest BCUT2D eigenvalue weighted by Gasteiger charge is -2.09. The molecule has 0 saturated heterocycles. The third-order valence-corrected chi connectivity index (χ3v) is 3.95. The SMILES string of the molecule is CCC(C)Cc1ccc(CCOCc2ccccc2)cc1. The summed E-state index contributed by atoms with van der Waals surface area (Å²) in [5.41, 5.74) is 4.04. The van der Waals surface area contributed by atoms with E-state index in [1.807, 2.05) is 6.07 Å². The van der Waals surface area contributed by atoms with Gasteiger partial charge in [0.2, 0.25) is 0 Å². The Morgan fingerprint density at radius 3 is 2.19 bits per heavy atom. The van der Waals surface area contributed by atoms with E-state index in [1.165, 1.54) is 29.5 Å². The zero-order valence-electron chi connectivity index (χ0n) is 13.2. The first-order valence-electron chi connectivity index (χ1n) is 7.97. The quantitative estimate of drug-likeness (QED) is 0.617. The highest BCUT2D eigenvalue weighted by atomic mass is 16.5. The molecule has 2 rings (SSSR count). The Morgan fingerprint density at radius 1 is 0.857 bits per heavy atom. The summed E-state index contributed by atoms with van der Waals surface area (Å²) in [5, 5.41) is 0. The molecule has 0 heterocycles. The third-order valence-electron chi connectivity index (χ3n) is 3.95. The van der Waals surface area contributed by atoms with Crippen LogP contribution in [0.3, 0.4) is 0 Å². The molecule has 0 saturated carbocycles. The van der Waals surface area contributed by atoms with Gasteiger partial charge in [0.1, 0.15) is 0 Å². The van der Waals surface area contributed by atoms with E-state index in [1.54, 1.807) is 0 Å². The molecule has 21 heavy (non-hydrogen) atoms. The molecule has 0 spiro atoms. The molecule has 1 unspecified atom stereocenters. The number of hydrogen-bond donors (Lipinski definition) is 0. The zero-order valence-corrected chi connectivity index (χ0v) is 13.2. The van der Waals surface area contributed by atoms with Gasteiger partial charge in [-0.3, -0.25) is 0 Å². The van der Waals surface area contributed by atoms with Crippen molar-refractivity contribution >= 4 is 0 Å². The second kappa shape index (κ2) is 8.63. The summed E-state index contributed by atoms with van der Waals surface area (Å²) in [6.07, 6.45) is 3.41. The average Bonchev–Trinajstić information content (AvgIpc) is 2.54. The number of benzene rings is 2. The summed E-state index contributed by atoms with van der Waals surface area (Å²) in [4.78, 5) is 0. The Balaban J connectivity index is 1.71. The van der Waals surface area contributed by atoms with E-state index in [-0.39, 0.29) is 0 Å². The van der Waals surface area contributed by atoms with Crippen molar-refractivity contribution in [1.82, 2.24) is 0 Å². The first-order chi connectivity index (χ1) is 10.3. The van der Waals surface area contributed by atoms with E-state index in [2.05, 4.69) is 62.4 Å². The molecule has 0 aromatic heterocycles. The van der Waals surface area contributed by atoms with E-state index < -0.39 is 0 Å². The van der Waals surface area contributed by atoms with Crippen LogP contribution in [-0.4, -0.2) is 6.61 Å². The third kappa shape index (κ3) is 5.73. The van der Waals surface area contributed by atoms with Crippen molar-refractivity contribution < 1.29 is 4.74 Å². The van der Waals surface area contributed by atoms with Crippen molar-refractivity contribution in [1.29, 1.82) is 0 Å². The van der Waals surface area contributed by atoms with Crippen LogP contribution in [0.4, 0.5) is 0 Å². The fourth-order valence-corrected chi connectivity index (χ4v) is 2.34. The maximum absolute atomic E-state index is 5.74. The van der Waals surface area contributed by atoms with Crippen molar-refractivity contribution in [2.75, 3.05) is 6.61 Å². The predicted octanol–water partition coefficient (Wildman–Crippen LogP) is 5.03. The van der Waals surface area contributed by atoms with Gasteiger partial charge in [0.15, 0.2) is 0 Å². The van der Waals surface area contributed by atoms with Crippen molar-refractivity contribution in [2.24, 2.45) is 5.92 Å². The summed E-state index contributed by atoms with van der Waals surface area (Å²) in [6, 6.07) is 19.3. The van der Waals surface area contributed by atoms with Crippen LogP contribution in [-0.2, 0) is 24.2 Å². The summed E-state index contributed by atoms with van der Waals surface area (Å²) in [7, 11) is 0. The van der Waals surface area contributed by atoms with E-state index in [0.29, 0.717) is 6.61 Å². The van der Waals surface area contributed by atoms with Gasteiger partial charge in [-0.25, -0.2) is 0 Å². The van der Waals surface area contributed by atoms with Crippen LogP contribution in [0.1, 0.15) is 37.0 Å². The van der Waals surface area contributed by atoms with Gasteiger partial charge in [0, 0.05) is 0 Å². The van der Waals surface area contributed by atoms with Gasteiger partial charge in [-0.2, -0.15) is 0 Å². The van der Waals surface area contributed by atoms with Crippen LogP contribution in [0.25, 0.3) is 0 Å². The second-order valence-corrected chi connectivity index (χ2v) is 5.82. The molecule has 1 nitrogen and oxygen atoms in total. The van der Waals surface area contributed by atoms with Crippen LogP contribution >= 0.6 is 0 Å². The Hall–Kier alpha value is -1.60. The molecule has 0 aliphatic carbocycles. The summed E-state index contributed by atoms with van der Waals surface area (Å²) < 4.78 is 5.74. The van der Waals surface area contributed by atoms with Crippen molar-refractivity contribution in [3.05, 3.63) is 71.3 Å². The number of hydrogen-bond acceptors (Lipinski definition) is 1. The minimum absolute atomic E-state index is 0.701. The molecule has 0 radical (unpaired) electrons. The Kier molecular flexibility index (Phi) is 6.49. The molecule has 0 aliphatic heterocycles. The smallest absolute Gasteiger partial charge is 0.0717 e. The molecule has 0 aliphatic rings. The molecule has 112 valence electrons. The molecular formula is C20H26O. The predicted molar refractivity (Wildman–Crippen MR) is 89.4 cm³/mol. The van der Waals surface area contributed by atoms with E-state index in [0.717, 1.165) is 18.9 Å². The maximum Gasteiger partial charge on any atom is 0.0717 e. The number of rotatable bonds is 8. The van der Waals surface area contributed by atoms with Crippen LogP contribution in [0.15, 0.2) is 54.6 Å². The van der Waals surface area contributed by atoms with Gasteiger partial charge in [0.25, 0.3) is 0 Å². The van der Waals surface area contributed by atoms with Crippen molar-refractivity contribution in [2.45, 2.75) is 39.7 Å². The molecule has 1 atom stereocenters. The number of ether oxygens (including phenoxy) is 1. The van der Waals surface area contributed by atoms with Gasteiger partial charge in [-0.15, -0.1) is 0 Å². The van der Waals surface area contributed by atoms with Crippen LogP contribution < -0.4 is 0 Å². The molecule has 1 heteroatoms. The van der Waals surface area contributed by atoms with Crippen molar-refractivity contribution in [3.63, 3.8) is 0 Å². The van der Waals surface area contributed by atoms with E-state index in [4.69, 9.17) is 4.74 Å². The minimum Gasteiger partial charge on any atom is -0.376 e. The summed E-state index contributed by atoms with van der Waals surface area (Å²) in [6.45, 7) is 6.04. The largest absolute Gasteiger partial charge is 0.376 e. The van der Waals surface area contributed by atoms with Crippen LogP contribution in [0, 0.1) is 5.92 Å². The molecule has 2 aromatic carbocycles. The van der Waals surface area contributed by atoms with Crippen molar-refractivity contribution in [3.8, 4) is 0 Å². The highest BCUT2D eigenvalue weighted by Gasteiger charge is 2.01. The molecule has 2 aromatic rings. The Labute approximate surface area is 129 Å². The first kappa shape index (κ1) is 15.8. The molecular weight excluding hydrogens is 256 g/mol. The van der Waals surface area contributed by atoms with E-state index in [9.17, 15) is 0 Å². The molecule has 0 amide bonds. The monoisotopic (exact) mass is 282 g/mol. The van der Waals surface area contributed by atoms with Crippen LogP contribution in [0.5, 0.6) is 0 Å².